The molecule has 5 heteroatoms. The van der Waals surface area contributed by atoms with Gasteiger partial charge in [0.15, 0.2) is 16.8 Å². The molecular formula is C9H6ClFN2S. The summed E-state index contributed by atoms with van der Waals surface area (Å²) in [5.41, 5.74) is 0.272. The Hall–Kier alpha value is -1.00. The van der Waals surface area contributed by atoms with Crippen LogP contribution in [0.1, 0.15) is 5.69 Å². The van der Waals surface area contributed by atoms with Crippen LogP contribution in [0.4, 0.5) is 4.39 Å². The fourth-order valence-electron chi connectivity index (χ4n) is 1.04. The monoisotopic (exact) mass is 228 g/mol. The summed E-state index contributed by atoms with van der Waals surface area (Å²) in [6.07, 6.45) is 0. The van der Waals surface area contributed by atoms with Crippen molar-refractivity contribution in [1.82, 2.24) is 9.97 Å². The van der Waals surface area contributed by atoms with Gasteiger partial charge in [0.1, 0.15) is 0 Å². The summed E-state index contributed by atoms with van der Waals surface area (Å²) in [7, 11) is 0. The molecule has 0 aliphatic rings. The van der Waals surface area contributed by atoms with E-state index in [0.717, 1.165) is 4.88 Å². The maximum atomic E-state index is 13.1. The van der Waals surface area contributed by atoms with E-state index < -0.39 is 5.82 Å². The summed E-state index contributed by atoms with van der Waals surface area (Å²) in [5, 5.41) is 1.78. The Bertz CT molecular complexity index is 433. The molecule has 0 saturated carbocycles. The number of hydrogen-bond donors (Lipinski definition) is 0. The van der Waals surface area contributed by atoms with E-state index in [1.165, 1.54) is 11.3 Å². The minimum absolute atomic E-state index is 0.124. The van der Waals surface area contributed by atoms with Crippen LogP contribution in [-0.4, -0.2) is 9.97 Å². The molecule has 2 aromatic rings. The molecule has 0 aliphatic carbocycles. The lowest BCUT2D eigenvalue weighted by Crippen LogP contribution is -1.95. The van der Waals surface area contributed by atoms with Crippen molar-refractivity contribution >= 4 is 22.9 Å². The SMILES string of the molecule is Cc1nc(-c2cccs2)nc(Cl)c1F. The number of rotatable bonds is 1. The van der Waals surface area contributed by atoms with E-state index in [0.29, 0.717) is 5.82 Å². The molecule has 0 fully saturated rings. The van der Waals surface area contributed by atoms with Gasteiger partial charge in [-0.1, -0.05) is 17.7 Å². The molecule has 0 radical (unpaired) electrons. The van der Waals surface area contributed by atoms with Crippen LogP contribution in [0.15, 0.2) is 17.5 Å². The summed E-state index contributed by atoms with van der Waals surface area (Å²) >= 11 is 7.11. The molecule has 0 saturated heterocycles. The third-order valence-electron chi connectivity index (χ3n) is 1.72. The quantitative estimate of drug-likeness (QED) is 0.700. The first-order chi connectivity index (χ1) is 6.68. The Kier molecular flexibility index (Phi) is 2.48. The van der Waals surface area contributed by atoms with Gasteiger partial charge in [0, 0.05) is 0 Å². The topological polar surface area (TPSA) is 25.8 Å². The van der Waals surface area contributed by atoms with Crippen LogP contribution in [-0.2, 0) is 0 Å². The van der Waals surface area contributed by atoms with Crippen LogP contribution < -0.4 is 0 Å². The summed E-state index contributed by atoms with van der Waals surface area (Å²) in [5.74, 6) is -0.0733. The minimum atomic E-state index is -0.549. The summed E-state index contributed by atoms with van der Waals surface area (Å²) < 4.78 is 13.1. The van der Waals surface area contributed by atoms with E-state index in [2.05, 4.69) is 9.97 Å². The highest BCUT2D eigenvalue weighted by Gasteiger charge is 2.10. The van der Waals surface area contributed by atoms with Gasteiger partial charge in [-0.05, 0) is 18.4 Å². The number of aryl methyl sites for hydroxylation is 1. The summed E-state index contributed by atoms with van der Waals surface area (Å²) in [4.78, 5) is 8.77. The van der Waals surface area contributed by atoms with E-state index in [4.69, 9.17) is 11.6 Å². The normalized spacial score (nSPS) is 10.5. The van der Waals surface area contributed by atoms with Crippen LogP contribution in [0.25, 0.3) is 10.7 Å². The third-order valence-corrected chi connectivity index (χ3v) is 2.83. The predicted molar refractivity (Wildman–Crippen MR) is 55.1 cm³/mol. The zero-order valence-electron chi connectivity index (χ0n) is 7.29. The highest BCUT2D eigenvalue weighted by atomic mass is 35.5. The molecule has 0 amide bonds. The molecule has 0 bridgehead atoms. The predicted octanol–water partition coefficient (Wildman–Crippen LogP) is 3.31. The lowest BCUT2D eigenvalue weighted by molar-refractivity contribution is 0.603. The van der Waals surface area contributed by atoms with Crippen molar-refractivity contribution in [1.29, 1.82) is 0 Å². The second-order valence-electron chi connectivity index (χ2n) is 2.71. The van der Waals surface area contributed by atoms with E-state index >= 15 is 0 Å². The summed E-state index contributed by atoms with van der Waals surface area (Å²) in [6, 6.07) is 3.75. The molecule has 2 heterocycles. The molecule has 2 aromatic heterocycles. The average molecular weight is 229 g/mol. The fraction of sp³-hybridized carbons (Fsp3) is 0.111. The maximum absolute atomic E-state index is 13.1. The van der Waals surface area contributed by atoms with Crippen LogP contribution >= 0.6 is 22.9 Å². The molecule has 0 spiro atoms. The average Bonchev–Trinajstić information content (AvgIpc) is 2.66. The van der Waals surface area contributed by atoms with E-state index in [9.17, 15) is 4.39 Å². The van der Waals surface area contributed by atoms with Crippen molar-refractivity contribution < 1.29 is 4.39 Å². The van der Waals surface area contributed by atoms with Gasteiger partial charge < -0.3 is 0 Å². The largest absolute Gasteiger partial charge is 0.229 e. The number of nitrogens with zero attached hydrogens (tertiary/aromatic N) is 2. The van der Waals surface area contributed by atoms with Crippen molar-refractivity contribution in [2.75, 3.05) is 0 Å². The van der Waals surface area contributed by atoms with Gasteiger partial charge in [-0.15, -0.1) is 11.3 Å². The second kappa shape index (κ2) is 3.63. The Labute approximate surface area is 89.4 Å². The fourth-order valence-corrected chi connectivity index (χ4v) is 1.91. The molecule has 0 N–H and O–H groups in total. The first kappa shape index (κ1) is 9.55. The van der Waals surface area contributed by atoms with Crippen LogP contribution in [0.5, 0.6) is 0 Å². The standard InChI is InChI=1S/C9H6ClFN2S/c1-5-7(11)8(10)13-9(12-5)6-3-2-4-14-6/h2-4H,1H3. The van der Waals surface area contributed by atoms with Gasteiger partial charge in [0.25, 0.3) is 0 Å². The van der Waals surface area contributed by atoms with Gasteiger partial charge in [-0.25, -0.2) is 14.4 Å². The van der Waals surface area contributed by atoms with Gasteiger partial charge in [0.05, 0.1) is 10.6 Å². The van der Waals surface area contributed by atoms with Gasteiger partial charge >= 0.3 is 0 Å². The van der Waals surface area contributed by atoms with Crippen molar-refractivity contribution in [3.8, 4) is 10.7 Å². The highest BCUT2D eigenvalue weighted by Crippen LogP contribution is 2.24. The molecule has 2 rings (SSSR count). The van der Waals surface area contributed by atoms with Crippen molar-refractivity contribution in [3.63, 3.8) is 0 Å². The third kappa shape index (κ3) is 1.63. The first-order valence-electron chi connectivity index (χ1n) is 3.92. The van der Waals surface area contributed by atoms with Gasteiger partial charge in [0.2, 0.25) is 0 Å². The minimum Gasteiger partial charge on any atom is -0.229 e. The molecule has 72 valence electrons. The van der Waals surface area contributed by atoms with E-state index in [1.807, 2.05) is 17.5 Å². The van der Waals surface area contributed by atoms with Crippen molar-refractivity contribution in [3.05, 3.63) is 34.2 Å². The number of halogens is 2. The Morgan fingerprint density at radius 3 is 2.79 bits per heavy atom. The number of thiophene rings is 1. The van der Waals surface area contributed by atoms with Crippen molar-refractivity contribution in [2.45, 2.75) is 6.92 Å². The molecule has 0 unspecified atom stereocenters. The maximum Gasteiger partial charge on any atom is 0.181 e. The Balaban J connectivity index is 2.57. The zero-order chi connectivity index (χ0) is 10.1. The number of hydrogen-bond acceptors (Lipinski definition) is 3. The highest BCUT2D eigenvalue weighted by molar-refractivity contribution is 7.13. The molecule has 0 aliphatic heterocycles. The van der Waals surface area contributed by atoms with E-state index in [-0.39, 0.29) is 10.8 Å². The molecule has 0 atom stereocenters. The Morgan fingerprint density at radius 2 is 2.21 bits per heavy atom. The van der Waals surface area contributed by atoms with Crippen LogP contribution in [0.3, 0.4) is 0 Å². The summed E-state index contributed by atoms with van der Waals surface area (Å²) in [6.45, 7) is 1.57. The van der Waals surface area contributed by atoms with Crippen molar-refractivity contribution in [2.24, 2.45) is 0 Å². The Morgan fingerprint density at radius 1 is 1.43 bits per heavy atom. The zero-order valence-corrected chi connectivity index (χ0v) is 8.86. The smallest absolute Gasteiger partial charge is 0.181 e. The van der Waals surface area contributed by atoms with Crippen LogP contribution in [0.2, 0.25) is 5.15 Å². The number of aromatic nitrogens is 2. The second-order valence-corrected chi connectivity index (χ2v) is 4.02. The molecule has 14 heavy (non-hydrogen) atoms. The van der Waals surface area contributed by atoms with Gasteiger partial charge in [-0.3, -0.25) is 0 Å². The lowest BCUT2D eigenvalue weighted by atomic mass is 10.4. The lowest BCUT2D eigenvalue weighted by Gasteiger charge is -2.00. The van der Waals surface area contributed by atoms with Gasteiger partial charge in [-0.2, -0.15) is 0 Å². The van der Waals surface area contributed by atoms with Crippen LogP contribution in [0, 0.1) is 12.7 Å². The first-order valence-corrected chi connectivity index (χ1v) is 5.18. The molecule has 0 aromatic carbocycles. The molecular weight excluding hydrogens is 223 g/mol. The van der Waals surface area contributed by atoms with E-state index in [1.54, 1.807) is 6.92 Å². The molecule has 2 nitrogen and oxygen atoms in total.